The van der Waals surface area contributed by atoms with Crippen molar-refractivity contribution in [1.29, 1.82) is 0 Å². The monoisotopic (exact) mass is 1830 g/mol. The third kappa shape index (κ3) is 17.8. The first-order valence-electron chi connectivity index (χ1n) is 53.7. The molecule has 0 amide bonds. The molecule has 140 heavy (non-hydrogen) atoms. The van der Waals surface area contributed by atoms with Gasteiger partial charge in [0.25, 0.3) is 0 Å². The number of aryl methyl sites for hydroxylation is 8. The Morgan fingerprint density at radius 1 is 0.121 bits per heavy atom. The second-order valence-corrected chi connectivity index (χ2v) is 34.9. The average molecular weight is 1830 g/mol. The molecule has 0 nitrogen and oxygen atoms in total. The van der Waals surface area contributed by atoms with Gasteiger partial charge in [-0.1, -0.05) is 554 Å². The van der Waals surface area contributed by atoms with Gasteiger partial charge >= 0.3 is 0 Å². The molecule has 0 saturated carbocycles. The third-order valence-electron chi connectivity index (χ3n) is 29.0. The number of hydrogen-bond acceptors (Lipinski definition) is 0. The fraction of sp³-hybridized carbons (Fsp3) is 0.257. The molecule has 8 aliphatic carbocycles. The van der Waals surface area contributed by atoms with Gasteiger partial charge in [0.05, 0.1) is 21.7 Å². The summed E-state index contributed by atoms with van der Waals surface area (Å²) in [5, 5.41) is 0. The summed E-state index contributed by atoms with van der Waals surface area (Å²) in [6, 6.07) is 129. The summed E-state index contributed by atoms with van der Waals surface area (Å²) < 4.78 is 0. The van der Waals surface area contributed by atoms with E-state index in [1.807, 2.05) is 111 Å². The summed E-state index contributed by atoms with van der Waals surface area (Å²) in [6.07, 6.45) is 26.9. The predicted molar refractivity (Wildman–Crippen MR) is 617 cm³/mol. The lowest BCUT2D eigenvalue weighted by molar-refractivity contribution is 0.762. The Balaban J connectivity index is 0.000000150. The van der Waals surface area contributed by atoms with Crippen LogP contribution in [0.15, 0.2) is 340 Å². The van der Waals surface area contributed by atoms with Gasteiger partial charge in [0.1, 0.15) is 0 Å². The zero-order valence-corrected chi connectivity index (χ0v) is 88.6. The van der Waals surface area contributed by atoms with Gasteiger partial charge in [-0.15, -0.1) is 0 Å². The van der Waals surface area contributed by atoms with E-state index in [-0.39, 0.29) is 21.7 Å². The van der Waals surface area contributed by atoms with Crippen molar-refractivity contribution in [3.63, 3.8) is 0 Å². The van der Waals surface area contributed by atoms with E-state index in [2.05, 4.69) is 444 Å². The molecular weight excluding hydrogens is 1680 g/mol. The van der Waals surface area contributed by atoms with E-state index in [0.29, 0.717) is 0 Å². The van der Waals surface area contributed by atoms with Crippen LogP contribution < -0.4 is 0 Å². The molecule has 4 spiro atoms. The van der Waals surface area contributed by atoms with Crippen molar-refractivity contribution in [1.82, 2.24) is 0 Å². The van der Waals surface area contributed by atoms with Crippen LogP contribution >= 0.6 is 0 Å². The molecule has 0 aromatic heterocycles. The van der Waals surface area contributed by atoms with Crippen LogP contribution in [0.4, 0.5) is 0 Å². The van der Waals surface area contributed by atoms with Crippen molar-refractivity contribution >= 4 is 48.6 Å². The Kier molecular flexibility index (Phi) is 35.2. The van der Waals surface area contributed by atoms with Crippen LogP contribution in [0.1, 0.15) is 344 Å². The zero-order valence-electron chi connectivity index (χ0n) is 88.6. The SMILES string of the molecule is CC.CC.CC.CC.CC.CC.CC.CC.CCc1ccc2c(c1)-c1ccccc1C21c2ccccc2C=Cc2ccc(CC)cc21.CCc1ccc2c(c1)C1(c3ccccc3C=C2)c2ccccc2-c2ccc(CC)cc21.CCc1ccc2c(c1)C=Cc1ccccc1C21c2ccccc2-c2cc(CC)ccc21.CCc1ccc2c(c1)C=Cc1ccccc1C21c2ccccc2-c2ccc(CC)cc21. The molecule has 712 valence electrons. The fourth-order valence-electron chi connectivity index (χ4n) is 23.0. The van der Waals surface area contributed by atoms with Gasteiger partial charge in [0.15, 0.2) is 0 Å². The Morgan fingerprint density at radius 2 is 0.286 bits per heavy atom. The molecule has 0 fully saturated rings. The highest BCUT2D eigenvalue weighted by Gasteiger charge is 2.53. The Morgan fingerprint density at radius 3 is 0.571 bits per heavy atom. The molecule has 0 saturated heterocycles. The smallest absolute Gasteiger partial charge is 0.0683 e. The molecule has 8 aliphatic rings. The number of rotatable bonds is 8. The maximum Gasteiger partial charge on any atom is 0.0725 e. The quantitative estimate of drug-likeness (QED) is 0.142. The van der Waals surface area contributed by atoms with Crippen molar-refractivity contribution in [3.05, 3.63) is 518 Å². The average Bonchev–Trinajstić information content (AvgIpc) is 1.55. The first kappa shape index (κ1) is 104. The lowest BCUT2D eigenvalue weighted by Gasteiger charge is -2.35. The molecule has 0 radical (unpaired) electrons. The first-order valence-corrected chi connectivity index (χ1v) is 53.7. The maximum absolute atomic E-state index is 2.47. The normalized spacial score (nSPS) is 15.9. The Labute approximate surface area is 844 Å². The topological polar surface area (TPSA) is 0 Å². The van der Waals surface area contributed by atoms with Crippen molar-refractivity contribution in [2.45, 2.75) is 239 Å². The molecule has 4 atom stereocenters. The number of fused-ring (bicyclic) bond motifs is 36. The molecular formula is C140H152. The van der Waals surface area contributed by atoms with E-state index in [1.54, 1.807) is 0 Å². The van der Waals surface area contributed by atoms with E-state index >= 15 is 0 Å². The first-order chi connectivity index (χ1) is 69.1. The number of benzene rings is 16. The van der Waals surface area contributed by atoms with Crippen molar-refractivity contribution in [2.24, 2.45) is 0 Å². The summed E-state index contributed by atoms with van der Waals surface area (Å²) in [5.41, 5.74) is 53.9. The predicted octanol–water partition coefficient (Wildman–Crippen LogP) is 38.8. The van der Waals surface area contributed by atoms with Crippen LogP contribution in [0.3, 0.4) is 0 Å². The van der Waals surface area contributed by atoms with Crippen LogP contribution in [-0.4, -0.2) is 0 Å². The highest BCUT2D eigenvalue weighted by atomic mass is 14.5. The van der Waals surface area contributed by atoms with Crippen LogP contribution in [0, 0.1) is 0 Å². The minimum Gasteiger partial charge on any atom is -0.0683 e. The second kappa shape index (κ2) is 47.4. The lowest BCUT2D eigenvalue weighted by Crippen LogP contribution is -2.30. The van der Waals surface area contributed by atoms with Crippen LogP contribution in [0.5, 0.6) is 0 Å². The Bertz CT molecular complexity index is 7100. The van der Waals surface area contributed by atoms with Crippen LogP contribution in [0.25, 0.3) is 93.1 Å². The highest BCUT2D eigenvalue weighted by molar-refractivity contribution is 5.97. The van der Waals surface area contributed by atoms with E-state index in [1.165, 1.54) is 223 Å². The summed E-state index contributed by atoms with van der Waals surface area (Å²) in [5.74, 6) is 0. The fourth-order valence-corrected chi connectivity index (χ4v) is 23.0. The minimum absolute atomic E-state index is 0.292. The van der Waals surface area contributed by atoms with Crippen LogP contribution in [-0.2, 0) is 73.0 Å². The summed E-state index contributed by atoms with van der Waals surface area (Å²) in [7, 11) is 0. The molecule has 16 aromatic rings. The van der Waals surface area contributed by atoms with Crippen molar-refractivity contribution < 1.29 is 0 Å². The summed E-state index contributed by atoms with van der Waals surface area (Å²) in [6.45, 7) is 50.0. The maximum atomic E-state index is 2.47. The molecule has 0 heterocycles. The molecule has 4 unspecified atom stereocenters. The van der Waals surface area contributed by atoms with Crippen molar-refractivity contribution in [3.8, 4) is 44.5 Å². The lowest BCUT2D eigenvalue weighted by atomic mass is 9.65. The van der Waals surface area contributed by atoms with Gasteiger partial charge in [0.2, 0.25) is 0 Å². The molecule has 0 aliphatic heterocycles. The van der Waals surface area contributed by atoms with Gasteiger partial charge in [-0.25, -0.2) is 0 Å². The highest BCUT2D eigenvalue weighted by Crippen LogP contribution is 2.64. The standard InChI is InChI=1S/4C31H26.8C2H6/c1-3-21-14-18-28-24(19-21)16-15-23-9-5-7-11-27(23)31(28)29-12-8-6-10-25(29)26-17-13-22(4-2)20-30(26)31;1-3-21-13-17-28-24(19-21)16-15-23-9-5-7-11-27(23)31(28)29-12-8-6-10-25(29)26-20-22(4-2)14-18-30(26)31;1-3-21-14-18-29-26(19-21)25-10-6-8-12-28(25)31(29)27-11-7-5-9-23(27)16-17-24-15-13-22(4-2)20-30(24)31;1-3-21-13-15-24-17-16-23-9-5-7-11-27(23)31(29(24)19-21)28-12-8-6-10-25(28)26-18-14-22(4-2)20-30(26)31;8*1-2/h4*5-20H,3-4H2,1-2H3;8*1-2H3. The van der Waals surface area contributed by atoms with Gasteiger partial charge in [-0.2, -0.15) is 0 Å². The van der Waals surface area contributed by atoms with Gasteiger partial charge in [-0.3, -0.25) is 0 Å². The van der Waals surface area contributed by atoms with E-state index in [0.717, 1.165) is 51.4 Å². The summed E-state index contributed by atoms with van der Waals surface area (Å²) in [4.78, 5) is 0. The van der Waals surface area contributed by atoms with Crippen molar-refractivity contribution in [2.75, 3.05) is 0 Å². The molecule has 0 heteroatoms. The summed E-state index contributed by atoms with van der Waals surface area (Å²) >= 11 is 0. The molecule has 0 N–H and O–H groups in total. The number of hydrogen-bond donors (Lipinski definition) is 0. The molecule has 0 bridgehead atoms. The van der Waals surface area contributed by atoms with E-state index in [4.69, 9.17) is 0 Å². The Hall–Kier alpha value is -13.5. The second-order valence-electron chi connectivity index (χ2n) is 34.9. The minimum atomic E-state index is -0.294. The van der Waals surface area contributed by atoms with Gasteiger partial charge < -0.3 is 0 Å². The zero-order chi connectivity index (χ0) is 100. The van der Waals surface area contributed by atoms with Crippen LogP contribution in [0.2, 0.25) is 0 Å². The molecule has 16 aromatic carbocycles. The third-order valence-corrected chi connectivity index (χ3v) is 29.0. The van der Waals surface area contributed by atoms with Gasteiger partial charge in [-0.05, 0) is 274 Å². The van der Waals surface area contributed by atoms with Gasteiger partial charge in [0, 0.05) is 0 Å². The van der Waals surface area contributed by atoms with E-state index < -0.39 is 0 Å². The largest absolute Gasteiger partial charge is 0.0725 e. The van der Waals surface area contributed by atoms with E-state index in [9.17, 15) is 0 Å². The molecule has 24 rings (SSSR count).